The number of ether oxygens (including phenoxy) is 1. The van der Waals surface area contributed by atoms with Gasteiger partial charge in [-0.2, -0.15) is 0 Å². The summed E-state index contributed by atoms with van der Waals surface area (Å²) in [5, 5.41) is 11.1. The van der Waals surface area contributed by atoms with Crippen LogP contribution in [0.3, 0.4) is 0 Å². The van der Waals surface area contributed by atoms with Gasteiger partial charge >= 0.3 is 5.97 Å². The van der Waals surface area contributed by atoms with E-state index in [1.54, 1.807) is 6.07 Å². The minimum absolute atomic E-state index is 0.259. The SMILES string of the molecule is O=C(O)c1c(OCCN2CCCC2)ccc2ccccc12. The highest BCUT2D eigenvalue weighted by Crippen LogP contribution is 2.28. The van der Waals surface area contributed by atoms with Crippen molar-refractivity contribution in [3.8, 4) is 5.75 Å². The maximum atomic E-state index is 11.6. The van der Waals surface area contributed by atoms with Crippen LogP contribution in [-0.2, 0) is 0 Å². The summed E-state index contributed by atoms with van der Waals surface area (Å²) in [4.78, 5) is 13.9. The van der Waals surface area contributed by atoms with Crippen LogP contribution in [0.2, 0.25) is 0 Å². The van der Waals surface area contributed by atoms with E-state index in [9.17, 15) is 9.90 Å². The molecule has 21 heavy (non-hydrogen) atoms. The zero-order valence-corrected chi connectivity index (χ0v) is 11.9. The Morgan fingerprint density at radius 1 is 1.14 bits per heavy atom. The molecular formula is C17H19NO3. The van der Waals surface area contributed by atoms with Crippen LogP contribution in [0.1, 0.15) is 23.2 Å². The molecule has 0 spiro atoms. The van der Waals surface area contributed by atoms with Crippen LogP contribution in [0.5, 0.6) is 5.75 Å². The largest absolute Gasteiger partial charge is 0.491 e. The molecule has 4 heteroatoms. The number of carboxylic acids is 1. The number of carboxylic acid groups (broad SMARTS) is 1. The van der Waals surface area contributed by atoms with E-state index in [1.165, 1.54) is 12.8 Å². The summed E-state index contributed by atoms with van der Waals surface area (Å²) in [6.45, 7) is 3.62. The van der Waals surface area contributed by atoms with E-state index in [0.717, 1.165) is 30.4 Å². The molecule has 0 unspecified atom stereocenters. The molecule has 0 amide bonds. The van der Waals surface area contributed by atoms with Gasteiger partial charge in [0.05, 0.1) is 0 Å². The second-order valence-electron chi connectivity index (χ2n) is 5.36. The fraction of sp³-hybridized carbons (Fsp3) is 0.353. The zero-order chi connectivity index (χ0) is 14.7. The molecule has 1 aliphatic rings. The maximum Gasteiger partial charge on any atom is 0.340 e. The molecule has 1 fully saturated rings. The van der Waals surface area contributed by atoms with Crippen LogP contribution in [0.15, 0.2) is 36.4 Å². The van der Waals surface area contributed by atoms with Crippen LogP contribution in [0.25, 0.3) is 10.8 Å². The van der Waals surface area contributed by atoms with Crippen molar-refractivity contribution in [2.75, 3.05) is 26.2 Å². The van der Waals surface area contributed by atoms with Gasteiger partial charge in [-0.05, 0) is 42.8 Å². The normalized spacial score (nSPS) is 15.4. The highest BCUT2D eigenvalue weighted by Gasteiger charge is 2.16. The van der Waals surface area contributed by atoms with Gasteiger partial charge in [0, 0.05) is 6.54 Å². The molecular weight excluding hydrogens is 266 g/mol. The molecule has 2 aromatic carbocycles. The summed E-state index contributed by atoms with van der Waals surface area (Å²) < 4.78 is 5.75. The summed E-state index contributed by atoms with van der Waals surface area (Å²) in [6.07, 6.45) is 2.49. The van der Waals surface area contributed by atoms with Gasteiger partial charge in [0.25, 0.3) is 0 Å². The molecule has 0 radical (unpaired) electrons. The Morgan fingerprint density at radius 2 is 1.90 bits per heavy atom. The van der Waals surface area contributed by atoms with E-state index in [2.05, 4.69) is 4.90 Å². The lowest BCUT2D eigenvalue weighted by molar-refractivity contribution is 0.0694. The number of benzene rings is 2. The predicted octanol–water partition coefficient (Wildman–Crippen LogP) is 3.01. The predicted molar refractivity (Wildman–Crippen MR) is 82.1 cm³/mol. The molecule has 1 heterocycles. The van der Waals surface area contributed by atoms with Gasteiger partial charge in [0.1, 0.15) is 17.9 Å². The average molecular weight is 285 g/mol. The molecule has 1 aliphatic heterocycles. The Morgan fingerprint density at radius 3 is 2.67 bits per heavy atom. The van der Waals surface area contributed by atoms with Crippen molar-refractivity contribution in [3.05, 3.63) is 42.0 Å². The first-order valence-electron chi connectivity index (χ1n) is 7.36. The van der Waals surface area contributed by atoms with Gasteiger partial charge in [0.15, 0.2) is 0 Å². The van der Waals surface area contributed by atoms with Crippen LogP contribution in [0, 0.1) is 0 Å². The molecule has 1 N–H and O–H groups in total. The molecule has 2 aromatic rings. The number of rotatable bonds is 5. The lowest BCUT2D eigenvalue weighted by Crippen LogP contribution is -2.25. The van der Waals surface area contributed by atoms with Crippen LogP contribution >= 0.6 is 0 Å². The van der Waals surface area contributed by atoms with Gasteiger partial charge in [-0.3, -0.25) is 4.90 Å². The smallest absolute Gasteiger partial charge is 0.340 e. The van der Waals surface area contributed by atoms with Crippen molar-refractivity contribution in [1.29, 1.82) is 0 Å². The Kier molecular flexibility index (Phi) is 4.06. The molecule has 0 aromatic heterocycles. The van der Waals surface area contributed by atoms with E-state index in [0.29, 0.717) is 12.4 Å². The number of fused-ring (bicyclic) bond motifs is 1. The molecule has 0 aliphatic carbocycles. The van der Waals surface area contributed by atoms with Crippen LogP contribution in [-0.4, -0.2) is 42.2 Å². The number of likely N-dealkylation sites (tertiary alicyclic amines) is 1. The number of aromatic carboxylic acids is 1. The summed E-state index contributed by atoms with van der Waals surface area (Å²) in [5.74, 6) is -0.483. The van der Waals surface area contributed by atoms with E-state index < -0.39 is 5.97 Å². The molecule has 3 rings (SSSR count). The van der Waals surface area contributed by atoms with Crippen molar-refractivity contribution in [3.63, 3.8) is 0 Å². The highest BCUT2D eigenvalue weighted by molar-refractivity contribution is 6.06. The van der Waals surface area contributed by atoms with E-state index in [-0.39, 0.29) is 5.56 Å². The Hall–Kier alpha value is -2.07. The third kappa shape index (κ3) is 3.00. The number of carbonyl (C=O) groups is 1. The van der Waals surface area contributed by atoms with E-state index in [1.807, 2.05) is 30.3 Å². The Bertz CT molecular complexity index is 648. The standard InChI is InChI=1S/C17H19NO3/c19-17(20)16-14-6-2-1-5-13(14)7-8-15(16)21-12-11-18-9-3-4-10-18/h1-2,5-8H,3-4,9-12H2,(H,19,20). The zero-order valence-electron chi connectivity index (χ0n) is 11.9. The lowest BCUT2D eigenvalue weighted by Gasteiger charge is -2.16. The fourth-order valence-corrected chi connectivity index (χ4v) is 2.88. The summed E-state index contributed by atoms with van der Waals surface area (Å²) >= 11 is 0. The second kappa shape index (κ2) is 6.14. The third-order valence-corrected chi connectivity index (χ3v) is 3.97. The summed E-state index contributed by atoms with van der Waals surface area (Å²) in [7, 11) is 0. The van der Waals surface area contributed by atoms with Gasteiger partial charge in [-0.15, -0.1) is 0 Å². The molecule has 0 atom stereocenters. The van der Waals surface area contributed by atoms with Gasteiger partial charge in [-0.25, -0.2) is 4.79 Å². The van der Waals surface area contributed by atoms with Crippen LogP contribution in [0.4, 0.5) is 0 Å². The fourth-order valence-electron chi connectivity index (χ4n) is 2.88. The number of hydrogen-bond donors (Lipinski definition) is 1. The van der Waals surface area contributed by atoms with Crippen molar-refractivity contribution in [2.24, 2.45) is 0 Å². The summed E-state index contributed by atoms with van der Waals surface area (Å²) in [6, 6.07) is 11.2. The van der Waals surface area contributed by atoms with Crippen molar-refractivity contribution < 1.29 is 14.6 Å². The molecule has 0 saturated carbocycles. The molecule has 4 nitrogen and oxygen atoms in total. The van der Waals surface area contributed by atoms with Crippen molar-refractivity contribution in [1.82, 2.24) is 4.90 Å². The van der Waals surface area contributed by atoms with Gasteiger partial charge in [-0.1, -0.05) is 30.3 Å². The third-order valence-electron chi connectivity index (χ3n) is 3.97. The quantitative estimate of drug-likeness (QED) is 0.917. The second-order valence-corrected chi connectivity index (χ2v) is 5.36. The first kappa shape index (κ1) is 13.9. The van der Waals surface area contributed by atoms with E-state index in [4.69, 9.17) is 4.74 Å². The minimum atomic E-state index is -0.942. The van der Waals surface area contributed by atoms with E-state index >= 15 is 0 Å². The molecule has 1 saturated heterocycles. The summed E-state index contributed by atoms with van der Waals surface area (Å²) in [5.41, 5.74) is 0.259. The van der Waals surface area contributed by atoms with Crippen molar-refractivity contribution >= 4 is 16.7 Å². The monoisotopic (exact) mass is 285 g/mol. The molecule has 0 bridgehead atoms. The number of hydrogen-bond acceptors (Lipinski definition) is 3. The maximum absolute atomic E-state index is 11.6. The van der Waals surface area contributed by atoms with Crippen LogP contribution < -0.4 is 4.74 Å². The van der Waals surface area contributed by atoms with Crippen molar-refractivity contribution in [2.45, 2.75) is 12.8 Å². The van der Waals surface area contributed by atoms with Gasteiger partial charge < -0.3 is 9.84 Å². The first-order valence-corrected chi connectivity index (χ1v) is 7.36. The van der Waals surface area contributed by atoms with Gasteiger partial charge in [0.2, 0.25) is 0 Å². The highest BCUT2D eigenvalue weighted by atomic mass is 16.5. The molecule has 110 valence electrons. The minimum Gasteiger partial charge on any atom is -0.491 e. The Balaban J connectivity index is 1.80. The first-order chi connectivity index (χ1) is 10.3. The topological polar surface area (TPSA) is 49.8 Å². The lowest BCUT2D eigenvalue weighted by atomic mass is 10.0. The Labute approximate surface area is 123 Å². The average Bonchev–Trinajstić information content (AvgIpc) is 3.00. The number of nitrogens with zero attached hydrogens (tertiary/aromatic N) is 1.